The van der Waals surface area contributed by atoms with E-state index in [-0.39, 0.29) is 0 Å². The van der Waals surface area contributed by atoms with Crippen LogP contribution in [0.5, 0.6) is 0 Å². The predicted molar refractivity (Wildman–Crippen MR) is 127 cm³/mol. The van der Waals surface area contributed by atoms with E-state index in [1.165, 1.54) is 52.7 Å². The number of thiophene rings is 1. The molecule has 0 spiro atoms. The van der Waals surface area contributed by atoms with Crippen molar-refractivity contribution in [3.05, 3.63) is 64.7 Å². The minimum Gasteiger partial charge on any atom is -0.390 e. The lowest BCUT2D eigenvalue weighted by atomic mass is 9.88. The Morgan fingerprint density at radius 2 is 1.89 bits per heavy atom. The van der Waals surface area contributed by atoms with E-state index in [9.17, 15) is 0 Å². The Balaban J connectivity index is 1.72. The highest BCUT2D eigenvalue weighted by molar-refractivity contribution is 7.81. The SMILES string of the molecule is CCc1ccccc1C(=S)c1ccc2sc(N)c(C3CCN(CC)CC3)c2c1. The second-order valence-corrected chi connectivity index (χ2v) is 9.13. The number of thiocarbonyl (C=S) groups is 1. The van der Waals surface area contributed by atoms with Crippen LogP contribution in [0, 0.1) is 0 Å². The normalized spacial score (nSPS) is 15.9. The lowest BCUT2D eigenvalue weighted by Gasteiger charge is -2.31. The quantitative estimate of drug-likeness (QED) is 0.414. The van der Waals surface area contributed by atoms with Gasteiger partial charge in [-0.25, -0.2) is 0 Å². The van der Waals surface area contributed by atoms with Gasteiger partial charge in [-0.3, -0.25) is 0 Å². The van der Waals surface area contributed by atoms with Crippen LogP contribution in [0.3, 0.4) is 0 Å². The molecule has 0 unspecified atom stereocenters. The number of rotatable bonds is 5. The maximum Gasteiger partial charge on any atom is 0.0904 e. The van der Waals surface area contributed by atoms with Crippen molar-refractivity contribution < 1.29 is 0 Å². The zero-order chi connectivity index (χ0) is 19.7. The second-order valence-electron chi connectivity index (χ2n) is 7.64. The molecule has 3 aromatic rings. The van der Waals surface area contributed by atoms with Crippen molar-refractivity contribution in [1.29, 1.82) is 0 Å². The first-order chi connectivity index (χ1) is 13.6. The van der Waals surface area contributed by atoms with Crippen LogP contribution in [-0.2, 0) is 6.42 Å². The predicted octanol–water partition coefficient (Wildman–Crippen LogP) is 6.01. The van der Waals surface area contributed by atoms with Crippen molar-refractivity contribution in [2.45, 2.75) is 39.0 Å². The lowest BCUT2D eigenvalue weighted by molar-refractivity contribution is 0.223. The van der Waals surface area contributed by atoms with E-state index in [4.69, 9.17) is 18.0 Å². The van der Waals surface area contributed by atoms with Gasteiger partial charge in [-0.2, -0.15) is 0 Å². The molecule has 0 atom stereocenters. The number of nitrogen functional groups attached to an aromatic ring is 1. The van der Waals surface area contributed by atoms with E-state index in [1.54, 1.807) is 11.3 Å². The molecule has 2 heterocycles. The maximum atomic E-state index is 6.51. The molecule has 2 nitrogen and oxygen atoms in total. The number of likely N-dealkylation sites (tertiary alicyclic amines) is 1. The summed E-state index contributed by atoms with van der Waals surface area (Å²) in [6.07, 6.45) is 3.37. The van der Waals surface area contributed by atoms with Crippen molar-refractivity contribution in [3.8, 4) is 0 Å². The minimum absolute atomic E-state index is 0.559. The topological polar surface area (TPSA) is 29.3 Å². The van der Waals surface area contributed by atoms with Gasteiger partial charge in [-0.05, 0) is 84.6 Å². The summed E-state index contributed by atoms with van der Waals surface area (Å²) < 4.78 is 1.28. The number of nitrogens with two attached hydrogens (primary N) is 1. The molecule has 0 amide bonds. The molecule has 0 saturated carbocycles. The van der Waals surface area contributed by atoms with Crippen LogP contribution >= 0.6 is 23.6 Å². The molecule has 1 aromatic heterocycles. The molecular formula is C24H28N2S2. The van der Waals surface area contributed by atoms with Crippen molar-refractivity contribution in [2.75, 3.05) is 25.4 Å². The Kier molecular flexibility index (Phi) is 5.81. The molecule has 2 aromatic carbocycles. The van der Waals surface area contributed by atoms with Gasteiger partial charge in [0.05, 0.1) is 9.87 Å². The summed E-state index contributed by atoms with van der Waals surface area (Å²) in [6.45, 7) is 7.91. The zero-order valence-corrected chi connectivity index (χ0v) is 18.3. The first kappa shape index (κ1) is 19.6. The molecule has 0 aliphatic carbocycles. The van der Waals surface area contributed by atoms with Crippen LogP contribution in [0.25, 0.3) is 10.1 Å². The van der Waals surface area contributed by atoms with Gasteiger partial charge in [-0.15, -0.1) is 11.3 Å². The first-order valence-corrected chi connectivity index (χ1v) is 11.5. The smallest absolute Gasteiger partial charge is 0.0904 e. The molecule has 1 aliphatic rings. The summed E-state index contributed by atoms with van der Waals surface area (Å²) in [5.41, 5.74) is 11.5. The van der Waals surface area contributed by atoms with Gasteiger partial charge < -0.3 is 10.6 Å². The van der Waals surface area contributed by atoms with Crippen molar-refractivity contribution >= 4 is 43.5 Å². The largest absolute Gasteiger partial charge is 0.390 e. The Bertz CT molecular complexity index is 997. The van der Waals surface area contributed by atoms with Gasteiger partial charge >= 0.3 is 0 Å². The zero-order valence-electron chi connectivity index (χ0n) is 16.7. The van der Waals surface area contributed by atoms with Gasteiger partial charge in [-0.1, -0.05) is 56.4 Å². The van der Waals surface area contributed by atoms with Crippen molar-refractivity contribution in [2.24, 2.45) is 0 Å². The first-order valence-electron chi connectivity index (χ1n) is 10.3. The van der Waals surface area contributed by atoms with E-state index >= 15 is 0 Å². The molecule has 146 valence electrons. The Labute approximate surface area is 177 Å². The van der Waals surface area contributed by atoms with Crippen molar-refractivity contribution in [1.82, 2.24) is 4.90 Å². The molecule has 28 heavy (non-hydrogen) atoms. The van der Waals surface area contributed by atoms with Crippen LogP contribution in [-0.4, -0.2) is 29.4 Å². The summed E-state index contributed by atoms with van der Waals surface area (Å²) in [5.74, 6) is 0.559. The number of piperidine rings is 1. The monoisotopic (exact) mass is 408 g/mol. The van der Waals surface area contributed by atoms with Gasteiger partial charge in [0.25, 0.3) is 0 Å². The molecule has 1 fully saturated rings. The molecule has 0 bridgehead atoms. The van der Waals surface area contributed by atoms with Gasteiger partial charge in [0.15, 0.2) is 0 Å². The highest BCUT2D eigenvalue weighted by atomic mass is 32.1. The summed E-state index contributed by atoms with van der Waals surface area (Å²) >= 11 is 7.63. The Hall–Kier alpha value is -1.75. The fraction of sp³-hybridized carbons (Fsp3) is 0.375. The van der Waals surface area contributed by atoms with Crippen LogP contribution in [0.2, 0.25) is 0 Å². The molecule has 0 radical (unpaired) electrons. The standard InChI is InChI=1S/C24H28N2S2/c1-3-16-7-5-6-8-19(16)23(27)18-9-10-21-20(15-18)22(24(25)28-21)17-11-13-26(4-2)14-12-17/h5-10,15,17H,3-4,11-14,25H2,1-2H3. The van der Waals surface area contributed by atoms with E-state index in [0.717, 1.165) is 28.4 Å². The van der Waals surface area contributed by atoms with Crippen LogP contribution in [0.4, 0.5) is 5.00 Å². The molecule has 2 N–H and O–H groups in total. The number of anilines is 1. The molecular weight excluding hydrogens is 380 g/mol. The summed E-state index contributed by atoms with van der Waals surface area (Å²) in [6, 6.07) is 15.2. The van der Waals surface area contributed by atoms with E-state index in [1.807, 2.05) is 0 Å². The number of hydrogen-bond donors (Lipinski definition) is 1. The van der Waals surface area contributed by atoms with Crippen LogP contribution in [0.1, 0.15) is 54.9 Å². The highest BCUT2D eigenvalue weighted by Gasteiger charge is 2.25. The average Bonchev–Trinajstić information content (AvgIpc) is 3.08. The minimum atomic E-state index is 0.559. The molecule has 1 saturated heterocycles. The fourth-order valence-corrected chi connectivity index (χ4v) is 5.81. The Morgan fingerprint density at radius 1 is 1.14 bits per heavy atom. The lowest BCUT2D eigenvalue weighted by Crippen LogP contribution is -2.32. The third-order valence-electron chi connectivity index (χ3n) is 6.10. The fourth-order valence-electron chi connectivity index (χ4n) is 4.44. The highest BCUT2D eigenvalue weighted by Crippen LogP contribution is 2.42. The second kappa shape index (κ2) is 8.32. The number of benzene rings is 2. The molecule has 4 rings (SSSR count). The van der Waals surface area contributed by atoms with E-state index in [0.29, 0.717) is 5.92 Å². The summed E-state index contributed by atoms with van der Waals surface area (Å²) in [7, 11) is 0. The van der Waals surface area contributed by atoms with Gasteiger partial charge in [0.2, 0.25) is 0 Å². The van der Waals surface area contributed by atoms with Crippen LogP contribution in [0.15, 0.2) is 42.5 Å². The number of nitrogens with zero attached hydrogens (tertiary/aromatic N) is 1. The maximum absolute atomic E-state index is 6.51. The number of hydrogen-bond acceptors (Lipinski definition) is 4. The molecule has 1 aliphatic heterocycles. The van der Waals surface area contributed by atoms with E-state index < -0.39 is 0 Å². The van der Waals surface area contributed by atoms with E-state index in [2.05, 4.69) is 61.2 Å². The molecule has 4 heteroatoms. The average molecular weight is 409 g/mol. The summed E-state index contributed by atoms with van der Waals surface area (Å²) in [5, 5.41) is 2.30. The summed E-state index contributed by atoms with van der Waals surface area (Å²) in [4.78, 5) is 3.47. The number of aryl methyl sites for hydroxylation is 1. The Morgan fingerprint density at radius 3 is 2.61 bits per heavy atom. The van der Waals surface area contributed by atoms with Crippen LogP contribution < -0.4 is 5.73 Å². The van der Waals surface area contributed by atoms with Gasteiger partial charge in [0.1, 0.15) is 0 Å². The van der Waals surface area contributed by atoms with Gasteiger partial charge in [0, 0.05) is 4.70 Å². The third-order valence-corrected chi connectivity index (χ3v) is 7.57. The van der Waals surface area contributed by atoms with Crippen molar-refractivity contribution in [3.63, 3.8) is 0 Å². The third kappa shape index (κ3) is 3.61. The number of fused-ring (bicyclic) bond motifs is 1.